The van der Waals surface area contributed by atoms with Crippen LogP contribution in [0.5, 0.6) is 5.75 Å². The van der Waals surface area contributed by atoms with Gasteiger partial charge in [-0.3, -0.25) is 9.59 Å². The molecular weight excluding hydrogens is 588 g/mol. The van der Waals surface area contributed by atoms with Crippen molar-refractivity contribution in [2.75, 3.05) is 50.4 Å². The van der Waals surface area contributed by atoms with Gasteiger partial charge in [0.05, 0.1) is 15.7 Å². The maximum absolute atomic E-state index is 13.6. The van der Waals surface area contributed by atoms with Crippen molar-refractivity contribution in [1.82, 2.24) is 29.7 Å². The van der Waals surface area contributed by atoms with Gasteiger partial charge in [0.15, 0.2) is 5.82 Å². The Morgan fingerprint density at radius 2 is 2.05 bits per heavy atom. The molecule has 0 aromatic carbocycles. The van der Waals surface area contributed by atoms with Gasteiger partial charge in [0.25, 0.3) is 5.91 Å². The monoisotopic (exact) mass is 626 g/mol. The molecule has 3 N–H and O–H groups in total. The molecule has 13 heteroatoms. The Balaban J connectivity index is 1.19. The highest BCUT2D eigenvalue weighted by molar-refractivity contribution is 7.18. The highest BCUT2D eigenvalue weighted by Gasteiger charge is 2.35. The minimum Gasteiger partial charge on any atom is -0.489 e. The van der Waals surface area contributed by atoms with Crippen molar-refractivity contribution >= 4 is 57.3 Å². The van der Waals surface area contributed by atoms with Gasteiger partial charge in [0.1, 0.15) is 28.6 Å². The Morgan fingerprint density at radius 1 is 1.23 bits per heavy atom. The first kappa shape index (κ1) is 29.7. The summed E-state index contributed by atoms with van der Waals surface area (Å²) in [4.78, 5) is 36.7. The number of nitrogens with zero attached hydrogens (tertiary/aromatic N) is 6. The summed E-state index contributed by atoms with van der Waals surface area (Å²) >= 11 is 7.65. The molecule has 1 unspecified atom stereocenters. The average molecular weight is 627 g/mol. The zero-order valence-corrected chi connectivity index (χ0v) is 26.7. The van der Waals surface area contributed by atoms with Gasteiger partial charge < -0.3 is 30.5 Å². The number of nitrogens with one attached hydrogen (secondary N) is 1. The van der Waals surface area contributed by atoms with Gasteiger partial charge in [0.2, 0.25) is 5.91 Å². The SMILES string of the molecule is CC(=O)N1CC=C(c2cc(N3CCC[C@@H](NC(=O)c4sc(Cl)cc4OC4CCN(C)C(C)(C)C4)C3)c3c(N)ncnn23)C1. The number of thiophene rings is 1. The number of carbonyl (C=O) groups excluding carboxylic acids is 2. The number of amides is 2. The molecule has 0 bridgehead atoms. The van der Waals surface area contributed by atoms with Crippen LogP contribution in [0, 0.1) is 0 Å². The molecule has 2 amide bonds. The van der Waals surface area contributed by atoms with Gasteiger partial charge in [-0.2, -0.15) is 5.10 Å². The largest absolute Gasteiger partial charge is 0.489 e. The third-order valence-electron chi connectivity index (χ3n) is 9.07. The summed E-state index contributed by atoms with van der Waals surface area (Å²) < 4.78 is 8.74. The lowest BCUT2D eigenvalue weighted by Gasteiger charge is -2.43. The summed E-state index contributed by atoms with van der Waals surface area (Å²) in [6, 6.07) is 3.76. The maximum atomic E-state index is 13.6. The van der Waals surface area contributed by atoms with E-state index in [4.69, 9.17) is 22.1 Å². The summed E-state index contributed by atoms with van der Waals surface area (Å²) in [5.41, 5.74) is 9.96. The smallest absolute Gasteiger partial charge is 0.265 e. The molecule has 3 aliphatic rings. The van der Waals surface area contributed by atoms with Crippen molar-refractivity contribution in [2.24, 2.45) is 0 Å². The third-order valence-corrected chi connectivity index (χ3v) is 10.3. The number of halogens is 1. The second-order valence-electron chi connectivity index (χ2n) is 12.4. The second-order valence-corrected chi connectivity index (χ2v) is 14.1. The first-order valence-corrected chi connectivity index (χ1v) is 16.0. The Morgan fingerprint density at radius 3 is 2.79 bits per heavy atom. The summed E-state index contributed by atoms with van der Waals surface area (Å²) in [6.45, 7) is 9.46. The number of aromatic nitrogens is 3. The fourth-order valence-electron chi connectivity index (χ4n) is 6.39. The van der Waals surface area contributed by atoms with E-state index in [9.17, 15) is 9.59 Å². The molecule has 0 spiro atoms. The fraction of sp³-hybridized carbons (Fsp3) is 0.533. The number of hydrogen-bond acceptors (Lipinski definition) is 9. The van der Waals surface area contributed by atoms with E-state index in [2.05, 4.69) is 58.2 Å². The molecule has 2 atom stereocenters. The Kier molecular flexibility index (Phi) is 8.03. The molecule has 3 aromatic rings. The van der Waals surface area contributed by atoms with E-state index in [1.807, 2.05) is 4.52 Å². The summed E-state index contributed by atoms with van der Waals surface area (Å²) in [7, 11) is 2.14. The Bertz CT molecular complexity index is 1580. The predicted molar refractivity (Wildman–Crippen MR) is 170 cm³/mol. The van der Waals surface area contributed by atoms with Crippen LogP contribution in [0.15, 0.2) is 24.5 Å². The molecule has 2 fully saturated rings. The standard InChI is InChI=1S/C30H39ClN8O3S/c1-18(40)37-11-7-19(15-37)22-12-23(26-28(32)33-17-34-39(22)26)38-9-5-6-20(16-38)35-29(41)27-24(13-25(31)43-27)42-21-8-10-36(4)30(2,3)14-21/h7,12-13,17,20-21H,5-6,8-11,14-16H2,1-4H3,(H,35,41)(H2,32,33,34)/t20-,21?/m1/s1. The van der Waals surface area contributed by atoms with Crippen LogP contribution in [-0.2, 0) is 4.79 Å². The van der Waals surface area contributed by atoms with Gasteiger partial charge in [-0.1, -0.05) is 17.7 Å². The minimum atomic E-state index is -0.170. The lowest BCUT2D eigenvalue weighted by atomic mass is 9.89. The average Bonchev–Trinajstić information content (AvgIpc) is 3.68. The van der Waals surface area contributed by atoms with E-state index in [-0.39, 0.29) is 29.5 Å². The number of anilines is 2. The zero-order chi connectivity index (χ0) is 30.5. The van der Waals surface area contributed by atoms with E-state index in [1.165, 1.54) is 17.7 Å². The van der Waals surface area contributed by atoms with Crippen LogP contribution in [0.25, 0.3) is 11.1 Å². The van der Waals surface area contributed by atoms with E-state index in [0.29, 0.717) is 40.4 Å². The van der Waals surface area contributed by atoms with E-state index in [1.54, 1.807) is 17.9 Å². The topological polar surface area (TPSA) is 121 Å². The number of nitrogen functional groups attached to an aromatic ring is 1. The van der Waals surface area contributed by atoms with Crippen LogP contribution in [0.4, 0.5) is 11.5 Å². The Labute approximate surface area is 260 Å². The molecular formula is C30H39ClN8O3S. The highest BCUT2D eigenvalue weighted by Crippen LogP contribution is 2.38. The minimum absolute atomic E-state index is 0.0232. The number of likely N-dealkylation sites (tertiary alicyclic amines) is 1. The first-order valence-electron chi connectivity index (χ1n) is 14.8. The number of hydrogen-bond donors (Lipinski definition) is 2. The Hall–Kier alpha value is -3.35. The lowest BCUT2D eigenvalue weighted by molar-refractivity contribution is -0.127. The van der Waals surface area contributed by atoms with Gasteiger partial charge >= 0.3 is 0 Å². The number of piperidine rings is 2. The highest BCUT2D eigenvalue weighted by atomic mass is 35.5. The molecule has 0 saturated carbocycles. The van der Waals surface area contributed by atoms with Crippen LogP contribution in [0.1, 0.15) is 61.8 Å². The van der Waals surface area contributed by atoms with Crippen molar-refractivity contribution in [3.63, 3.8) is 0 Å². The third kappa shape index (κ3) is 5.92. The molecule has 43 heavy (non-hydrogen) atoms. The molecule has 6 heterocycles. The fourth-order valence-corrected chi connectivity index (χ4v) is 7.44. The summed E-state index contributed by atoms with van der Waals surface area (Å²) in [5, 5.41) is 7.76. The molecule has 6 rings (SSSR count). The number of rotatable bonds is 6. The van der Waals surface area contributed by atoms with Crippen LogP contribution in [-0.4, -0.2) is 93.7 Å². The van der Waals surface area contributed by atoms with E-state index in [0.717, 1.165) is 61.2 Å². The molecule has 230 valence electrons. The van der Waals surface area contributed by atoms with Gasteiger partial charge in [0, 0.05) is 63.7 Å². The quantitative estimate of drug-likeness (QED) is 0.422. The number of nitrogens with two attached hydrogens (primary N) is 1. The van der Waals surface area contributed by atoms with Crippen LogP contribution < -0.4 is 20.7 Å². The van der Waals surface area contributed by atoms with E-state index < -0.39 is 0 Å². The van der Waals surface area contributed by atoms with E-state index >= 15 is 0 Å². The van der Waals surface area contributed by atoms with Gasteiger partial charge in [-0.15, -0.1) is 11.3 Å². The van der Waals surface area contributed by atoms with Crippen molar-refractivity contribution in [2.45, 2.75) is 64.1 Å². The van der Waals surface area contributed by atoms with Crippen LogP contribution >= 0.6 is 22.9 Å². The normalized spacial score (nSPS) is 22.6. The van der Waals surface area contributed by atoms with Crippen molar-refractivity contribution in [1.29, 1.82) is 0 Å². The van der Waals surface area contributed by atoms with Crippen molar-refractivity contribution in [3.05, 3.63) is 39.4 Å². The number of fused-ring (bicyclic) bond motifs is 1. The van der Waals surface area contributed by atoms with Gasteiger partial charge in [-0.05, 0) is 51.8 Å². The predicted octanol–water partition coefficient (Wildman–Crippen LogP) is 3.92. The zero-order valence-electron chi connectivity index (χ0n) is 25.1. The van der Waals surface area contributed by atoms with Gasteiger partial charge in [-0.25, -0.2) is 9.50 Å². The molecule has 0 radical (unpaired) electrons. The maximum Gasteiger partial charge on any atom is 0.265 e. The molecule has 3 aliphatic heterocycles. The second kappa shape index (κ2) is 11.6. The number of ether oxygens (including phenoxy) is 1. The molecule has 0 aliphatic carbocycles. The summed E-state index contributed by atoms with van der Waals surface area (Å²) in [6.07, 6.45) is 7.05. The van der Waals surface area contributed by atoms with Crippen LogP contribution in [0.3, 0.4) is 0 Å². The molecule has 3 aromatic heterocycles. The molecule has 11 nitrogen and oxygen atoms in total. The van der Waals surface area contributed by atoms with Crippen molar-refractivity contribution in [3.8, 4) is 5.75 Å². The molecule has 2 saturated heterocycles. The summed E-state index contributed by atoms with van der Waals surface area (Å²) in [5.74, 6) is 0.808. The lowest BCUT2D eigenvalue weighted by Crippen LogP contribution is -2.50. The number of carbonyl (C=O) groups is 2. The van der Waals surface area contributed by atoms with Crippen molar-refractivity contribution < 1.29 is 14.3 Å². The van der Waals surface area contributed by atoms with Crippen LogP contribution in [0.2, 0.25) is 4.34 Å². The first-order chi connectivity index (χ1) is 20.5.